The van der Waals surface area contributed by atoms with Crippen LogP contribution in [0.3, 0.4) is 0 Å². The minimum absolute atomic E-state index is 0.0318. The topological polar surface area (TPSA) is 68.5 Å². The molecule has 18 heavy (non-hydrogen) atoms. The average Bonchev–Trinajstić information content (AvgIpc) is 2.71. The van der Waals surface area contributed by atoms with Crippen molar-refractivity contribution >= 4 is 5.91 Å². The molecule has 2 atom stereocenters. The highest BCUT2D eigenvalue weighted by molar-refractivity contribution is 5.83. The van der Waals surface area contributed by atoms with Crippen LogP contribution in [-0.2, 0) is 16.1 Å². The number of hydrogen-bond acceptors (Lipinski definition) is 4. The summed E-state index contributed by atoms with van der Waals surface area (Å²) >= 11 is 0. The number of ether oxygens (including phenoxy) is 1. The monoisotopic (exact) mass is 249 g/mol. The second kappa shape index (κ2) is 5.04. The number of nitrogens with two attached hydrogens (primary N) is 1. The van der Waals surface area contributed by atoms with Gasteiger partial charge in [-0.05, 0) is 24.6 Å². The van der Waals surface area contributed by atoms with E-state index in [-0.39, 0.29) is 11.9 Å². The van der Waals surface area contributed by atoms with Gasteiger partial charge in [-0.25, -0.2) is 0 Å². The molecule has 1 amide bonds. The number of pyridine rings is 1. The van der Waals surface area contributed by atoms with Crippen LogP contribution in [0.4, 0.5) is 0 Å². The van der Waals surface area contributed by atoms with Crippen LogP contribution in [0.2, 0.25) is 0 Å². The third-order valence-corrected chi connectivity index (χ3v) is 3.52. The van der Waals surface area contributed by atoms with Crippen molar-refractivity contribution in [3.05, 3.63) is 30.1 Å². The first-order chi connectivity index (χ1) is 8.54. The number of hydrogen-bond donors (Lipinski definition) is 1. The van der Waals surface area contributed by atoms with E-state index in [1.165, 1.54) is 0 Å². The molecule has 0 radical (unpaired) electrons. The molecular weight excluding hydrogens is 230 g/mol. The van der Waals surface area contributed by atoms with Gasteiger partial charge in [0.15, 0.2) is 0 Å². The molecule has 0 saturated carbocycles. The van der Waals surface area contributed by atoms with Crippen molar-refractivity contribution < 1.29 is 9.53 Å². The molecule has 1 aliphatic rings. The largest absolute Gasteiger partial charge is 0.379 e. The summed E-state index contributed by atoms with van der Waals surface area (Å²) in [7, 11) is 1.79. The second-order valence-electron chi connectivity index (χ2n) is 5.06. The minimum Gasteiger partial charge on any atom is -0.379 e. The van der Waals surface area contributed by atoms with Crippen LogP contribution < -0.4 is 5.73 Å². The fourth-order valence-corrected chi connectivity index (χ4v) is 2.18. The quantitative estimate of drug-likeness (QED) is 0.842. The highest BCUT2D eigenvalue weighted by atomic mass is 16.5. The Labute approximate surface area is 107 Å². The van der Waals surface area contributed by atoms with Crippen LogP contribution in [0.5, 0.6) is 0 Å². The Bertz CT molecular complexity index is 424. The SMILES string of the molecule is CN(Cc1ccncc1)C(=O)C1(C)COCC1N. The summed E-state index contributed by atoms with van der Waals surface area (Å²) in [6, 6.07) is 3.57. The Kier molecular flexibility index (Phi) is 3.63. The van der Waals surface area contributed by atoms with Gasteiger partial charge in [0.2, 0.25) is 5.91 Å². The van der Waals surface area contributed by atoms with E-state index in [1.54, 1.807) is 24.3 Å². The lowest BCUT2D eigenvalue weighted by atomic mass is 9.84. The summed E-state index contributed by atoms with van der Waals surface area (Å²) in [6.07, 6.45) is 3.44. The van der Waals surface area contributed by atoms with Gasteiger partial charge in [0, 0.05) is 32.0 Å². The molecule has 1 aliphatic heterocycles. The first-order valence-corrected chi connectivity index (χ1v) is 6.02. The highest BCUT2D eigenvalue weighted by Gasteiger charge is 2.45. The molecule has 2 N–H and O–H groups in total. The Morgan fingerprint density at radius 1 is 1.61 bits per heavy atom. The highest BCUT2D eigenvalue weighted by Crippen LogP contribution is 2.29. The van der Waals surface area contributed by atoms with Crippen LogP contribution in [0, 0.1) is 5.41 Å². The summed E-state index contributed by atoms with van der Waals surface area (Å²) in [6.45, 7) is 3.28. The van der Waals surface area contributed by atoms with E-state index in [0.717, 1.165) is 5.56 Å². The smallest absolute Gasteiger partial charge is 0.232 e. The first kappa shape index (κ1) is 13.0. The van der Waals surface area contributed by atoms with Crippen LogP contribution >= 0.6 is 0 Å². The van der Waals surface area contributed by atoms with Crippen molar-refractivity contribution in [2.75, 3.05) is 20.3 Å². The van der Waals surface area contributed by atoms with Crippen LogP contribution in [-0.4, -0.2) is 42.1 Å². The summed E-state index contributed by atoms with van der Waals surface area (Å²) in [5, 5.41) is 0. The molecule has 5 nitrogen and oxygen atoms in total. The van der Waals surface area contributed by atoms with Gasteiger partial charge < -0.3 is 15.4 Å². The molecule has 5 heteroatoms. The van der Waals surface area contributed by atoms with E-state index in [1.807, 2.05) is 19.1 Å². The van der Waals surface area contributed by atoms with Gasteiger partial charge in [-0.15, -0.1) is 0 Å². The molecule has 2 rings (SSSR count). The molecule has 1 aromatic rings. The fourth-order valence-electron chi connectivity index (χ4n) is 2.18. The zero-order valence-corrected chi connectivity index (χ0v) is 10.8. The number of amides is 1. The predicted octanol–water partition coefficient (Wildman–Crippen LogP) is 0.404. The van der Waals surface area contributed by atoms with E-state index in [4.69, 9.17) is 10.5 Å². The Balaban J connectivity index is 2.05. The number of carbonyl (C=O) groups excluding carboxylic acids is 1. The molecule has 98 valence electrons. The van der Waals surface area contributed by atoms with Gasteiger partial charge in [0.1, 0.15) is 0 Å². The number of carbonyl (C=O) groups is 1. The molecular formula is C13H19N3O2. The van der Waals surface area contributed by atoms with Gasteiger partial charge >= 0.3 is 0 Å². The van der Waals surface area contributed by atoms with E-state index in [9.17, 15) is 4.79 Å². The standard InChI is InChI=1S/C13H19N3O2/c1-13(9-18-8-11(13)14)12(17)16(2)7-10-3-5-15-6-4-10/h3-6,11H,7-9,14H2,1-2H3. The van der Waals surface area contributed by atoms with Crippen LogP contribution in [0.25, 0.3) is 0 Å². The maximum atomic E-state index is 12.4. The summed E-state index contributed by atoms with van der Waals surface area (Å²) in [4.78, 5) is 18.1. The maximum Gasteiger partial charge on any atom is 0.232 e. The van der Waals surface area contributed by atoms with Crippen LogP contribution in [0.1, 0.15) is 12.5 Å². The number of nitrogens with zero attached hydrogens (tertiary/aromatic N) is 2. The van der Waals surface area contributed by atoms with Crippen LogP contribution in [0.15, 0.2) is 24.5 Å². The number of rotatable bonds is 3. The third-order valence-electron chi connectivity index (χ3n) is 3.52. The van der Waals surface area contributed by atoms with Crippen molar-refractivity contribution in [1.82, 2.24) is 9.88 Å². The summed E-state index contributed by atoms with van der Waals surface area (Å²) in [5.74, 6) is 0.0318. The van der Waals surface area contributed by atoms with E-state index < -0.39 is 5.41 Å². The number of aromatic nitrogens is 1. The first-order valence-electron chi connectivity index (χ1n) is 6.02. The van der Waals surface area contributed by atoms with Gasteiger partial charge in [-0.3, -0.25) is 9.78 Å². The fraction of sp³-hybridized carbons (Fsp3) is 0.538. The lowest BCUT2D eigenvalue weighted by Crippen LogP contribution is -2.50. The normalized spacial score (nSPS) is 27.2. The third kappa shape index (κ3) is 2.37. The van der Waals surface area contributed by atoms with E-state index >= 15 is 0 Å². The Morgan fingerprint density at radius 3 is 2.83 bits per heavy atom. The van der Waals surface area contributed by atoms with Crippen molar-refractivity contribution in [3.63, 3.8) is 0 Å². The molecule has 0 spiro atoms. The van der Waals surface area contributed by atoms with Gasteiger partial charge in [0.05, 0.1) is 18.6 Å². The molecule has 0 aromatic carbocycles. The van der Waals surface area contributed by atoms with Crippen molar-refractivity contribution in [2.24, 2.45) is 11.1 Å². The molecule has 1 aromatic heterocycles. The summed E-state index contributed by atoms with van der Waals surface area (Å²) < 4.78 is 5.31. The zero-order chi connectivity index (χ0) is 13.2. The van der Waals surface area contributed by atoms with Gasteiger partial charge in [-0.2, -0.15) is 0 Å². The second-order valence-corrected chi connectivity index (χ2v) is 5.06. The zero-order valence-electron chi connectivity index (χ0n) is 10.8. The maximum absolute atomic E-state index is 12.4. The van der Waals surface area contributed by atoms with Crippen molar-refractivity contribution in [2.45, 2.75) is 19.5 Å². The van der Waals surface area contributed by atoms with Crippen molar-refractivity contribution in [3.8, 4) is 0 Å². The predicted molar refractivity (Wildman–Crippen MR) is 67.6 cm³/mol. The Morgan fingerprint density at radius 2 is 2.28 bits per heavy atom. The molecule has 0 bridgehead atoms. The van der Waals surface area contributed by atoms with E-state index in [2.05, 4.69) is 4.98 Å². The van der Waals surface area contributed by atoms with E-state index in [0.29, 0.717) is 19.8 Å². The average molecular weight is 249 g/mol. The van der Waals surface area contributed by atoms with Crippen molar-refractivity contribution in [1.29, 1.82) is 0 Å². The Hall–Kier alpha value is -1.46. The van der Waals surface area contributed by atoms with Gasteiger partial charge in [0.25, 0.3) is 0 Å². The molecule has 1 saturated heterocycles. The summed E-state index contributed by atoms with van der Waals surface area (Å²) in [5.41, 5.74) is 6.41. The lowest BCUT2D eigenvalue weighted by Gasteiger charge is -2.30. The molecule has 0 aliphatic carbocycles. The lowest BCUT2D eigenvalue weighted by molar-refractivity contribution is -0.140. The van der Waals surface area contributed by atoms with Gasteiger partial charge in [-0.1, -0.05) is 0 Å². The molecule has 2 heterocycles. The molecule has 1 fully saturated rings. The molecule has 2 unspecified atom stereocenters. The minimum atomic E-state index is -0.609.